The summed E-state index contributed by atoms with van der Waals surface area (Å²) in [5, 5.41) is 2.20. The number of carbonyl (C=O) groups is 2. The van der Waals surface area contributed by atoms with E-state index in [0.29, 0.717) is 6.41 Å². The molecule has 0 aliphatic heterocycles. The van der Waals surface area contributed by atoms with Gasteiger partial charge in [0.05, 0.1) is 0 Å². The summed E-state index contributed by atoms with van der Waals surface area (Å²) in [6, 6.07) is 0. The Kier molecular flexibility index (Phi) is 3.08. The zero-order chi connectivity index (χ0) is 8.10. The van der Waals surface area contributed by atoms with Gasteiger partial charge in [0, 0.05) is 5.92 Å². The van der Waals surface area contributed by atoms with Crippen molar-refractivity contribution in [3.63, 3.8) is 0 Å². The van der Waals surface area contributed by atoms with E-state index in [1.165, 1.54) is 6.42 Å². The molecule has 0 aromatic rings. The maximum Gasteiger partial charge on any atom is 0.229 e. The van der Waals surface area contributed by atoms with Crippen molar-refractivity contribution in [1.82, 2.24) is 5.32 Å². The van der Waals surface area contributed by atoms with Crippen LogP contribution in [0.5, 0.6) is 0 Å². The molecule has 2 amide bonds. The Morgan fingerprint density at radius 2 is 1.91 bits per heavy atom. The van der Waals surface area contributed by atoms with Crippen molar-refractivity contribution >= 4 is 12.3 Å². The van der Waals surface area contributed by atoms with E-state index < -0.39 is 0 Å². The lowest BCUT2D eigenvalue weighted by Crippen LogP contribution is -2.30. The molecule has 0 unspecified atom stereocenters. The van der Waals surface area contributed by atoms with Gasteiger partial charge in [-0.2, -0.15) is 0 Å². The predicted molar refractivity (Wildman–Crippen MR) is 40.8 cm³/mol. The summed E-state index contributed by atoms with van der Waals surface area (Å²) in [5.74, 6) is -0.00588. The van der Waals surface area contributed by atoms with Crippen LogP contribution in [0.15, 0.2) is 0 Å². The van der Waals surface area contributed by atoms with Gasteiger partial charge in [-0.3, -0.25) is 14.9 Å². The molecule has 1 aliphatic carbocycles. The maximum absolute atomic E-state index is 11.1. The second-order valence-electron chi connectivity index (χ2n) is 2.96. The van der Waals surface area contributed by atoms with E-state index in [-0.39, 0.29) is 11.8 Å². The lowest BCUT2D eigenvalue weighted by atomic mass is 9.89. The van der Waals surface area contributed by atoms with E-state index in [4.69, 9.17) is 0 Å². The van der Waals surface area contributed by atoms with E-state index in [9.17, 15) is 9.59 Å². The molecule has 0 bridgehead atoms. The molecule has 1 fully saturated rings. The zero-order valence-electron chi connectivity index (χ0n) is 6.51. The molecule has 11 heavy (non-hydrogen) atoms. The molecule has 62 valence electrons. The summed E-state index contributed by atoms with van der Waals surface area (Å²) in [7, 11) is 0. The summed E-state index contributed by atoms with van der Waals surface area (Å²) < 4.78 is 0. The molecule has 0 saturated heterocycles. The van der Waals surface area contributed by atoms with Gasteiger partial charge in [0.2, 0.25) is 12.3 Å². The summed E-state index contributed by atoms with van der Waals surface area (Å²) in [5.41, 5.74) is 0. The monoisotopic (exact) mass is 155 g/mol. The second kappa shape index (κ2) is 4.11. The largest absolute Gasteiger partial charge is 0.299 e. The van der Waals surface area contributed by atoms with Gasteiger partial charge in [0.25, 0.3) is 0 Å². The fraction of sp³-hybridized carbons (Fsp3) is 0.750. The minimum atomic E-state index is -0.0975. The van der Waals surface area contributed by atoms with Gasteiger partial charge in [0.15, 0.2) is 0 Å². The molecule has 1 rings (SSSR count). The molecule has 3 heteroatoms. The molecule has 0 spiro atoms. The first-order chi connectivity index (χ1) is 5.34. The summed E-state index contributed by atoms with van der Waals surface area (Å²) >= 11 is 0. The minimum Gasteiger partial charge on any atom is -0.299 e. The molecule has 0 heterocycles. The van der Waals surface area contributed by atoms with Crippen LogP contribution in [0.3, 0.4) is 0 Å². The first-order valence-corrected chi connectivity index (χ1v) is 4.08. The van der Waals surface area contributed by atoms with Crippen LogP contribution in [0.2, 0.25) is 0 Å². The van der Waals surface area contributed by atoms with Crippen molar-refractivity contribution in [1.29, 1.82) is 0 Å². The fourth-order valence-corrected chi connectivity index (χ4v) is 1.54. The van der Waals surface area contributed by atoms with Gasteiger partial charge < -0.3 is 0 Å². The van der Waals surface area contributed by atoms with Gasteiger partial charge in [0.1, 0.15) is 0 Å². The zero-order valence-corrected chi connectivity index (χ0v) is 6.51. The van der Waals surface area contributed by atoms with Crippen LogP contribution >= 0.6 is 0 Å². The van der Waals surface area contributed by atoms with Crippen molar-refractivity contribution in [3.05, 3.63) is 0 Å². The number of imide groups is 1. The average Bonchev–Trinajstić information content (AvgIpc) is 2.07. The molecule has 0 aromatic carbocycles. The summed E-state index contributed by atoms with van der Waals surface area (Å²) in [4.78, 5) is 21.0. The molecule has 0 atom stereocenters. The highest BCUT2D eigenvalue weighted by atomic mass is 16.2. The quantitative estimate of drug-likeness (QED) is 0.600. The standard InChI is InChI=1S/C8H13NO2/c10-6-9-8(11)7-4-2-1-3-5-7/h6-7H,1-5H2,(H,9,10,11). The molecule has 0 aromatic heterocycles. The Balaban J connectivity index is 2.32. The average molecular weight is 155 g/mol. The highest BCUT2D eigenvalue weighted by molar-refractivity contribution is 5.87. The van der Waals surface area contributed by atoms with Crippen LogP contribution in [0.25, 0.3) is 0 Å². The van der Waals surface area contributed by atoms with Crippen LogP contribution in [0.4, 0.5) is 0 Å². The van der Waals surface area contributed by atoms with Crippen LogP contribution in [-0.2, 0) is 9.59 Å². The van der Waals surface area contributed by atoms with Crippen molar-refractivity contribution in [2.45, 2.75) is 32.1 Å². The summed E-state index contributed by atoms with van der Waals surface area (Å²) in [6.45, 7) is 0. The molecule has 3 nitrogen and oxygen atoms in total. The SMILES string of the molecule is O=CNC(=O)C1CCCCC1. The number of hydrogen-bond donors (Lipinski definition) is 1. The Bertz CT molecular complexity index is 150. The first kappa shape index (κ1) is 8.24. The van der Waals surface area contributed by atoms with Gasteiger partial charge in [-0.25, -0.2) is 0 Å². The smallest absolute Gasteiger partial charge is 0.229 e. The second-order valence-corrected chi connectivity index (χ2v) is 2.96. The van der Waals surface area contributed by atoms with E-state index in [1.807, 2.05) is 0 Å². The van der Waals surface area contributed by atoms with Gasteiger partial charge in [-0.1, -0.05) is 19.3 Å². The molecule has 1 aliphatic rings. The van der Waals surface area contributed by atoms with E-state index >= 15 is 0 Å². The van der Waals surface area contributed by atoms with Crippen LogP contribution in [0.1, 0.15) is 32.1 Å². The third-order valence-corrected chi connectivity index (χ3v) is 2.18. The van der Waals surface area contributed by atoms with Crippen LogP contribution in [-0.4, -0.2) is 12.3 Å². The number of hydrogen-bond acceptors (Lipinski definition) is 2. The topological polar surface area (TPSA) is 46.2 Å². The number of amides is 2. The lowest BCUT2D eigenvalue weighted by Gasteiger charge is -2.18. The van der Waals surface area contributed by atoms with Crippen molar-refractivity contribution < 1.29 is 9.59 Å². The van der Waals surface area contributed by atoms with Gasteiger partial charge in [-0.05, 0) is 12.8 Å². The first-order valence-electron chi connectivity index (χ1n) is 4.08. The van der Waals surface area contributed by atoms with Crippen LogP contribution < -0.4 is 5.32 Å². The Morgan fingerprint density at radius 3 is 2.45 bits per heavy atom. The highest BCUT2D eigenvalue weighted by Crippen LogP contribution is 2.23. The van der Waals surface area contributed by atoms with Crippen molar-refractivity contribution in [3.8, 4) is 0 Å². The molecule has 1 saturated carbocycles. The van der Waals surface area contributed by atoms with E-state index in [1.54, 1.807) is 0 Å². The highest BCUT2D eigenvalue weighted by Gasteiger charge is 2.19. The third kappa shape index (κ3) is 2.33. The van der Waals surface area contributed by atoms with Crippen LogP contribution in [0, 0.1) is 5.92 Å². The maximum atomic E-state index is 11.1. The Hall–Kier alpha value is -0.860. The lowest BCUT2D eigenvalue weighted by molar-refractivity contribution is -0.129. The molecule has 0 radical (unpaired) electrons. The Morgan fingerprint density at radius 1 is 1.27 bits per heavy atom. The third-order valence-electron chi connectivity index (χ3n) is 2.18. The normalized spacial score (nSPS) is 19.3. The van der Waals surface area contributed by atoms with Gasteiger partial charge in [-0.15, -0.1) is 0 Å². The van der Waals surface area contributed by atoms with E-state index in [0.717, 1.165) is 25.7 Å². The molecular formula is C8H13NO2. The molecular weight excluding hydrogens is 142 g/mol. The molecule has 1 N–H and O–H groups in total. The van der Waals surface area contributed by atoms with Crippen molar-refractivity contribution in [2.75, 3.05) is 0 Å². The predicted octanol–water partition coefficient (Wildman–Crippen LogP) is 0.839. The van der Waals surface area contributed by atoms with Gasteiger partial charge >= 0.3 is 0 Å². The Labute approximate surface area is 66.2 Å². The number of carbonyl (C=O) groups excluding carboxylic acids is 2. The number of nitrogens with one attached hydrogen (secondary N) is 1. The number of rotatable bonds is 2. The fourth-order valence-electron chi connectivity index (χ4n) is 1.54. The van der Waals surface area contributed by atoms with E-state index in [2.05, 4.69) is 5.32 Å². The minimum absolute atomic E-state index is 0.0916. The summed E-state index contributed by atoms with van der Waals surface area (Å²) in [6.07, 6.45) is 5.83. The van der Waals surface area contributed by atoms with Crippen molar-refractivity contribution in [2.24, 2.45) is 5.92 Å².